The molecule has 2 amide bonds. The lowest BCUT2D eigenvalue weighted by Gasteiger charge is -2.15. The number of nitro benzene ring substituents is 1. The molecule has 1 aliphatic rings. The lowest BCUT2D eigenvalue weighted by Crippen LogP contribution is -2.44. The maximum absolute atomic E-state index is 12.5. The van der Waals surface area contributed by atoms with Gasteiger partial charge in [-0.1, -0.05) is 11.8 Å². The van der Waals surface area contributed by atoms with Crippen LogP contribution in [0.1, 0.15) is 22.8 Å². The molecule has 0 unspecified atom stereocenters. The quantitative estimate of drug-likeness (QED) is 0.313. The van der Waals surface area contributed by atoms with Gasteiger partial charge >= 0.3 is 0 Å². The number of carbonyl (C=O) groups excluding carboxylic acids is 2. The van der Waals surface area contributed by atoms with Crippen LogP contribution in [0.15, 0.2) is 53.7 Å². The summed E-state index contributed by atoms with van der Waals surface area (Å²) in [5.74, 6) is -1.79. The van der Waals surface area contributed by atoms with Crippen molar-refractivity contribution in [1.29, 1.82) is 0 Å². The minimum atomic E-state index is -0.833. The molecule has 0 aliphatic carbocycles. The Kier molecular flexibility index (Phi) is 7.72. The van der Waals surface area contributed by atoms with E-state index < -0.39 is 22.7 Å². The molecule has 1 saturated heterocycles. The van der Waals surface area contributed by atoms with Crippen molar-refractivity contribution in [2.24, 2.45) is 0 Å². The molecule has 30 heavy (non-hydrogen) atoms. The zero-order chi connectivity index (χ0) is 22.3. The van der Waals surface area contributed by atoms with Gasteiger partial charge in [0.2, 0.25) is 0 Å². The number of rotatable bonds is 4. The normalized spacial score (nSPS) is 14.2. The standard InChI is InChI=1S/C16H10N4O4S2.C2H4O2/c21-14(11-5-7-17-8-6-11)18-19-15(22)13(26-16(19)25)9-10-1-3-12(4-2-10)20(23)24;1-2(3)4/h1-9H,(H,18,21);1H3,(H,3,4)/b13-9+;. The van der Waals surface area contributed by atoms with Crippen molar-refractivity contribution in [1.82, 2.24) is 15.4 Å². The van der Waals surface area contributed by atoms with Crippen LogP contribution in [-0.4, -0.2) is 42.1 Å². The van der Waals surface area contributed by atoms with Crippen LogP contribution in [0.25, 0.3) is 6.08 Å². The predicted molar refractivity (Wildman–Crippen MR) is 113 cm³/mol. The van der Waals surface area contributed by atoms with E-state index >= 15 is 0 Å². The second kappa shape index (κ2) is 10.2. The van der Waals surface area contributed by atoms with Gasteiger partial charge in [0.15, 0.2) is 4.32 Å². The maximum atomic E-state index is 12.5. The number of hydrogen-bond acceptors (Lipinski definition) is 8. The topological polar surface area (TPSA) is 143 Å². The summed E-state index contributed by atoms with van der Waals surface area (Å²) in [6.45, 7) is 1.08. The van der Waals surface area contributed by atoms with Crippen LogP contribution in [0.3, 0.4) is 0 Å². The highest BCUT2D eigenvalue weighted by Gasteiger charge is 2.33. The van der Waals surface area contributed by atoms with Crippen LogP contribution in [0.2, 0.25) is 0 Å². The summed E-state index contributed by atoms with van der Waals surface area (Å²) in [5.41, 5.74) is 3.37. The third-order valence-corrected chi connectivity index (χ3v) is 4.65. The smallest absolute Gasteiger partial charge is 0.300 e. The fourth-order valence-electron chi connectivity index (χ4n) is 2.08. The van der Waals surface area contributed by atoms with E-state index in [1.165, 1.54) is 48.8 Å². The molecule has 10 nitrogen and oxygen atoms in total. The fraction of sp³-hybridized carbons (Fsp3) is 0.0556. The molecule has 2 aromatic rings. The van der Waals surface area contributed by atoms with Gasteiger partial charge < -0.3 is 5.11 Å². The first-order valence-electron chi connectivity index (χ1n) is 8.12. The molecule has 0 saturated carbocycles. The summed E-state index contributed by atoms with van der Waals surface area (Å²) in [6, 6.07) is 8.77. The molecule has 12 heteroatoms. The molecule has 2 heterocycles. The lowest BCUT2D eigenvalue weighted by atomic mass is 10.2. The molecule has 1 aromatic heterocycles. The van der Waals surface area contributed by atoms with Gasteiger partial charge in [-0.2, -0.15) is 5.01 Å². The monoisotopic (exact) mass is 446 g/mol. The summed E-state index contributed by atoms with van der Waals surface area (Å²) in [4.78, 5) is 48.0. The molecule has 1 aliphatic heterocycles. The SMILES string of the molecule is CC(=O)O.O=C(NN1C(=O)/C(=C\c2ccc([N+](=O)[O-])cc2)SC1=S)c1ccncc1. The summed E-state index contributed by atoms with van der Waals surface area (Å²) < 4.78 is 0.186. The maximum Gasteiger partial charge on any atom is 0.300 e. The Bertz CT molecular complexity index is 1020. The van der Waals surface area contributed by atoms with Crippen molar-refractivity contribution < 1.29 is 24.4 Å². The summed E-state index contributed by atoms with van der Waals surface area (Å²) in [7, 11) is 0. The molecule has 0 atom stereocenters. The first-order chi connectivity index (χ1) is 14.2. The number of thioether (sulfide) groups is 1. The number of carboxylic acid groups (broad SMARTS) is 1. The number of non-ortho nitro benzene ring substituents is 1. The minimum absolute atomic E-state index is 0.0423. The van der Waals surface area contributed by atoms with Crippen LogP contribution in [0, 0.1) is 10.1 Å². The largest absolute Gasteiger partial charge is 0.481 e. The van der Waals surface area contributed by atoms with Gasteiger partial charge in [-0.25, -0.2) is 0 Å². The van der Waals surface area contributed by atoms with Crippen molar-refractivity contribution in [3.8, 4) is 0 Å². The van der Waals surface area contributed by atoms with Gasteiger partial charge in [0, 0.05) is 37.0 Å². The first-order valence-corrected chi connectivity index (χ1v) is 9.34. The van der Waals surface area contributed by atoms with Gasteiger partial charge in [0.1, 0.15) is 0 Å². The van der Waals surface area contributed by atoms with Gasteiger partial charge in [-0.15, -0.1) is 0 Å². The number of hydrogen-bond donors (Lipinski definition) is 2. The number of benzene rings is 1. The van der Waals surface area contributed by atoms with Crippen molar-refractivity contribution in [3.05, 3.63) is 74.9 Å². The number of carboxylic acids is 1. The zero-order valence-corrected chi connectivity index (χ0v) is 17.0. The average Bonchev–Trinajstić information content (AvgIpc) is 2.96. The highest BCUT2D eigenvalue weighted by Crippen LogP contribution is 2.31. The number of amides is 2. The van der Waals surface area contributed by atoms with Gasteiger partial charge in [0.05, 0.1) is 9.83 Å². The van der Waals surface area contributed by atoms with E-state index in [0.717, 1.165) is 23.7 Å². The molecule has 154 valence electrons. The molecule has 0 bridgehead atoms. The number of aromatic nitrogens is 1. The Labute approximate surface area is 179 Å². The minimum Gasteiger partial charge on any atom is -0.481 e. The second-order valence-corrected chi connectivity index (χ2v) is 7.24. The van der Waals surface area contributed by atoms with Crippen LogP contribution >= 0.6 is 24.0 Å². The number of nitrogens with zero attached hydrogens (tertiary/aromatic N) is 3. The number of nitrogens with one attached hydrogen (secondary N) is 1. The fourth-order valence-corrected chi connectivity index (χ4v) is 3.26. The molecule has 3 rings (SSSR count). The van der Waals surface area contributed by atoms with Gasteiger partial charge in [-0.05, 0) is 48.1 Å². The van der Waals surface area contributed by atoms with Crippen LogP contribution < -0.4 is 5.43 Å². The molecule has 2 N–H and O–H groups in total. The van der Waals surface area contributed by atoms with Crippen LogP contribution in [0.4, 0.5) is 5.69 Å². The number of aliphatic carboxylic acids is 1. The van der Waals surface area contributed by atoms with Crippen LogP contribution in [0.5, 0.6) is 0 Å². The molecular formula is C18H14N4O6S2. The summed E-state index contributed by atoms with van der Waals surface area (Å²) in [5, 5.41) is 19.1. The third-order valence-electron chi connectivity index (χ3n) is 3.35. The van der Waals surface area contributed by atoms with E-state index in [-0.39, 0.29) is 10.0 Å². The first kappa shape index (κ1) is 22.6. The van der Waals surface area contributed by atoms with E-state index in [4.69, 9.17) is 22.1 Å². The van der Waals surface area contributed by atoms with Crippen molar-refractivity contribution in [2.45, 2.75) is 6.92 Å². The zero-order valence-electron chi connectivity index (χ0n) is 15.3. The number of thiocarbonyl (C=S) groups is 1. The highest BCUT2D eigenvalue weighted by molar-refractivity contribution is 8.26. The Morgan fingerprint density at radius 2 is 1.80 bits per heavy atom. The molecule has 1 aromatic carbocycles. The Morgan fingerprint density at radius 1 is 1.23 bits per heavy atom. The lowest BCUT2D eigenvalue weighted by molar-refractivity contribution is -0.384. The van der Waals surface area contributed by atoms with Crippen molar-refractivity contribution >= 4 is 57.8 Å². The van der Waals surface area contributed by atoms with E-state index in [1.807, 2.05) is 0 Å². The Balaban J connectivity index is 0.000000735. The van der Waals surface area contributed by atoms with E-state index in [0.29, 0.717) is 16.0 Å². The van der Waals surface area contributed by atoms with Crippen molar-refractivity contribution in [2.75, 3.05) is 0 Å². The van der Waals surface area contributed by atoms with Crippen LogP contribution in [-0.2, 0) is 9.59 Å². The third kappa shape index (κ3) is 6.18. The Morgan fingerprint density at radius 3 is 2.33 bits per heavy atom. The van der Waals surface area contributed by atoms with Gasteiger partial charge in [0.25, 0.3) is 23.5 Å². The average molecular weight is 446 g/mol. The molecule has 0 radical (unpaired) electrons. The van der Waals surface area contributed by atoms with E-state index in [1.54, 1.807) is 6.08 Å². The highest BCUT2D eigenvalue weighted by atomic mass is 32.2. The second-order valence-electron chi connectivity index (χ2n) is 5.56. The predicted octanol–water partition coefficient (Wildman–Crippen LogP) is 2.63. The Hall–Kier alpha value is -3.64. The molecule has 0 spiro atoms. The molecular weight excluding hydrogens is 432 g/mol. The van der Waals surface area contributed by atoms with Gasteiger partial charge in [-0.3, -0.25) is 34.9 Å². The summed E-state index contributed by atoms with van der Waals surface area (Å²) >= 11 is 6.18. The van der Waals surface area contributed by atoms with Crippen molar-refractivity contribution in [3.63, 3.8) is 0 Å². The molecule has 1 fully saturated rings. The summed E-state index contributed by atoms with van der Waals surface area (Å²) in [6.07, 6.45) is 4.49. The number of nitro groups is 1. The van der Waals surface area contributed by atoms with E-state index in [9.17, 15) is 19.7 Å². The van der Waals surface area contributed by atoms with E-state index in [2.05, 4.69) is 10.4 Å². The number of pyridine rings is 1. The number of hydrazine groups is 1. The number of carbonyl (C=O) groups is 3.